The fraction of sp³-hybridized carbons (Fsp3) is 0.0500. The zero-order chi connectivity index (χ0) is 15.6. The van der Waals surface area contributed by atoms with Crippen LogP contribution in [0.5, 0.6) is 0 Å². The molecule has 4 aromatic rings. The monoisotopic (exact) mass is 299 g/mol. The van der Waals surface area contributed by atoms with Crippen LogP contribution in [0.2, 0.25) is 0 Å². The summed E-state index contributed by atoms with van der Waals surface area (Å²) in [6, 6.07) is 24.6. The second-order valence-electron chi connectivity index (χ2n) is 5.57. The van der Waals surface area contributed by atoms with Crippen molar-refractivity contribution in [1.82, 2.24) is 9.55 Å². The number of nitrogens with zero attached hydrogens (tertiary/aromatic N) is 2. The third-order valence-electron chi connectivity index (χ3n) is 3.94. The second-order valence-corrected chi connectivity index (χ2v) is 5.57. The van der Waals surface area contributed by atoms with Gasteiger partial charge in [0, 0.05) is 23.0 Å². The molecule has 0 fully saturated rings. The minimum atomic E-state index is 0.858. The first-order valence-corrected chi connectivity index (χ1v) is 7.67. The van der Waals surface area contributed by atoms with E-state index in [2.05, 4.69) is 47.3 Å². The summed E-state index contributed by atoms with van der Waals surface area (Å²) >= 11 is 0. The molecule has 3 heteroatoms. The molecule has 0 bridgehead atoms. The highest BCUT2D eigenvalue weighted by Crippen LogP contribution is 2.25. The lowest BCUT2D eigenvalue weighted by Crippen LogP contribution is -1.98. The number of aromatic nitrogens is 2. The highest BCUT2D eigenvalue weighted by molar-refractivity contribution is 5.84. The van der Waals surface area contributed by atoms with Gasteiger partial charge in [-0.1, -0.05) is 36.4 Å². The summed E-state index contributed by atoms with van der Waals surface area (Å²) in [6.07, 6.45) is 2.08. The zero-order valence-electron chi connectivity index (χ0n) is 12.9. The van der Waals surface area contributed by atoms with Crippen LogP contribution < -0.4 is 5.32 Å². The Morgan fingerprint density at radius 2 is 1.57 bits per heavy atom. The third kappa shape index (κ3) is 2.57. The molecular formula is C20H17N3. The lowest BCUT2D eigenvalue weighted by Gasteiger charge is -2.09. The number of fused-ring (bicyclic) bond motifs is 1. The van der Waals surface area contributed by atoms with Crippen LogP contribution in [0.15, 0.2) is 79.0 Å². The van der Waals surface area contributed by atoms with Crippen LogP contribution in [0.3, 0.4) is 0 Å². The van der Waals surface area contributed by atoms with E-state index in [0.29, 0.717) is 0 Å². The molecule has 0 aliphatic rings. The molecule has 0 spiro atoms. The van der Waals surface area contributed by atoms with Gasteiger partial charge in [-0.05, 0) is 48.9 Å². The molecule has 0 amide bonds. The predicted molar refractivity (Wildman–Crippen MR) is 95.5 cm³/mol. The number of nitrogens with one attached hydrogen (secondary N) is 1. The van der Waals surface area contributed by atoms with Gasteiger partial charge in [-0.3, -0.25) is 0 Å². The molecule has 112 valence electrons. The van der Waals surface area contributed by atoms with Gasteiger partial charge in [0.05, 0.1) is 0 Å². The summed E-state index contributed by atoms with van der Waals surface area (Å²) in [6.45, 7) is 2.12. The van der Waals surface area contributed by atoms with Crippen molar-refractivity contribution < 1.29 is 0 Å². The smallest absolute Gasteiger partial charge is 0.147 e. The second kappa shape index (κ2) is 5.61. The Labute approximate surface area is 135 Å². The Morgan fingerprint density at radius 1 is 0.870 bits per heavy atom. The summed E-state index contributed by atoms with van der Waals surface area (Å²) in [7, 11) is 0. The van der Waals surface area contributed by atoms with Gasteiger partial charge in [0.15, 0.2) is 0 Å². The first kappa shape index (κ1) is 13.6. The summed E-state index contributed by atoms with van der Waals surface area (Å²) in [5.74, 6) is 0.858. The molecule has 0 atom stereocenters. The van der Waals surface area contributed by atoms with Crippen molar-refractivity contribution in [3.8, 4) is 5.69 Å². The number of aryl methyl sites for hydroxylation is 1. The van der Waals surface area contributed by atoms with Gasteiger partial charge in [0.1, 0.15) is 11.5 Å². The molecular weight excluding hydrogens is 282 g/mol. The quantitative estimate of drug-likeness (QED) is 0.572. The van der Waals surface area contributed by atoms with Crippen LogP contribution in [0.1, 0.15) is 5.56 Å². The molecule has 0 aliphatic carbocycles. The first-order chi connectivity index (χ1) is 11.3. The van der Waals surface area contributed by atoms with Gasteiger partial charge < -0.3 is 9.88 Å². The SMILES string of the molecule is Cc1cc(Nc2ccccc2)nc2c1ccn2-c1ccccc1. The molecule has 0 radical (unpaired) electrons. The predicted octanol–water partition coefficient (Wildman–Crippen LogP) is 5.08. The van der Waals surface area contributed by atoms with Gasteiger partial charge in [0.25, 0.3) is 0 Å². The fourth-order valence-corrected chi connectivity index (χ4v) is 2.81. The van der Waals surface area contributed by atoms with Crippen LogP contribution in [0.25, 0.3) is 16.7 Å². The van der Waals surface area contributed by atoms with E-state index in [4.69, 9.17) is 4.98 Å². The molecule has 0 unspecified atom stereocenters. The number of benzene rings is 2. The third-order valence-corrected chi connectivity index (χ3v) is 3.94. The van der Waals surface area contributed by atoms with Crippen molar-refractivity contribution in [3.63, 3.8) is 0 Å². The minimum Gasteiger partial charge on any atom is -0.340 e. The van der Waals surface area contributed by atoms with Crippen molar-refractivity contribution in [2.45, 2.75) is 6.92 Å². The maximum absolute atomic E-state index is 4.82. The minimum absolute atomic E-state index is 0.858. The summed E-state index contributed by atoms with van der Waals surface area (Å²) in [4.78, 5) is 4.82. The van der Waals surface area contributed by atoms with Crippen LogP contribution in [-0.4, -0.2) is 9.55 Å². The van der Waals surface area contributed by atoms with Crippen molar-refractivity contribution in [2.75, 3.05) is 5.32 Å². The van der Waals surface area contributed by atoms with Crippen molar-refractivity contribution in [3.05, 3.63) is 84.6 Å². The molecule has 2 aromatic heterocycles. The fourth-order valence-electron chi connectivity index (χ4n) is 2.81. The van der Waals surface area contributed by atoms with Crippen molar-refractivity contribution >= 4 is 22.5 Å². The first-order valence-electron chi connectivity index (χ1n) is 7.67. The van der Waals surface area contributed by atoms with Gasteiger partial charge in [0.2, 0.25) is 0 Å². The van der Waals surface area contributed by atoms with Crippen LogP contribution in [0, 0.1) is 6.92 Å². The van der Waals surface area contributed by atoms with E-state index in [9.17, 15) is 0 Å². The van der Waals surface area contributed by atoms with Crippen molar-refractivity contribution in [2.24, 2.45) is 0 Å². The zero-order valence-corrected chi connectivity index (χ0v) is 12.9. The van der Waals surface area contributed by atoms with Gasteiger partial charge in [-0.25, -0.2) is 4.98 Å². The molecule has 0 saturated carbocycles. The Kier molecular flexibility index (Phi) is 3.31. The van der Waals surface area contributed by atoms with E-state index in [1.54, 1.807) is 0 Å². The van der Waals surface area contributed by atoms with E-state index in [1.165, 1.54) is 10.9 Å². The molecule has 3 nitrogen and oxygen atoms in total. The van der Waals surface area contributed by atoms with Crippen LogP contribution >= 0.6 is 0 Å². The number of pyridine rings is 1. The Hall–Kier alpha value is -3.07. The lowest BCUT2D eigenvalue weighted by molar-refractivity contribution is 1.09. The largest absolute Gasteiger partial charge is 0.340 e. The van der Waals surface area contributed by atoms with E-state index >= 15 is 0 Å². The molecule has 0 aliphatic heterocycles. The van der Waals surface area contributed by atoms with Crippen LogP contribution in [-0.2, 0) is 0 Å². The molecule has 2 aromatic carbocycles. The Morgan fingerprint density at radius 3 is 2.30 bits per heavy atom. The Balaban J connectivity index is 1.82. The van der Waals surface area contributed by atoms with Crippen molar-refractivity contribution in [1.29, 1.82) is 0 Å². The van der Waals surface area contributed by atoms with E-state index in [-0.39, 0.29) is 0 Å². The highest BCUT2D eigenvalue weighted by atomic mass is 15.1. The van der Waals surface area contributed by atoms with Gasteiger partial charge in [-0.15, -0.1) is 0 Å². The maximum Gasteiger partial charge on any atom is 0.147 e. The maximum atomic E-state index is 4.82. The summed E-state index contributed by atoms with van der Waals surface area (Å²) < 4.78 is 2.12. The molecule has 2 heterocycles. The summed E-state index contributed by atoms with van der Waals surface area (Å²) in [5.41, 5.74) is 4.33. The number of anilines is 2. The standard InChI is InChI=1S/C20H17N3/c1-15-14-19(21-16-8-4-2-5-9-16)22-20-18(15)12-13-23(20)17-10-6-3-7-11-17/h2-14H,1H3,(H,21,22). The average molecular weight is 299 g/mol. The van der Waals surface area contributed by atoms with Gasteiger partial charge >= 0.3 is 0 Å². The van der Waals surface area contributed by atoms with E-state index < -0.39 is 0 Å². The molecule has 4 rings (SSSR count). The van der Waals surface area contributed by atoms with E-state index in [0.717, 1.165) is 22.8 Å². The Bertz CT molecular complexity index is 941. The topological polar surface area (TPSA) is 29.9 Å². The lowest BCUT2D eigenvalue weighted by atomic mass is 10.2. The highest BCUT2D eigenvalue weighted by Gasteiger charge is 2.09. The number of para-hydroxylation sites is 2. The normalized spacial score (nSPS) is 10.8. The summed E-state index contributed by atoms with van der Waals surface area (Å²) in [5, 5.41) is 4.55. The number of rotatable bonds is 3. The number of hydrogen-bond donors (Lipinski definition) is 1. The van der Waals surface area contributed by atoms with Crippen LogP contribution in [0.4, 0.5) is 11.5 Å². The molecule has 0 saturated heterocycles. The van der Waals surface area contributed by atoms with E-state index in [1.807, 2.05) is 48.5 Å². The number of hydrogen-bond acceptors (Lipinski definition) is 2. The average Bonchev–Trinajstić information content (AvgIpc) is 3.01. The molecule has 23 heavy (non-hydrogen) atoms. The van der Waals surface area contributed by atoms with Gasteiger partial charge in [-0.2, -0.15) is 0 Å². The molecule has 1 N–H and O–H groups in total.